The molecule has 0 fully saturated rings. The van der Waals surface area contributed by atoms with Gasteiger partial charge in [-0.25, -0.2) is 4.79 Å². The molecule has 5 heteroatoms. The van der Waals surface area contributed by atoms with Gasteiger partial charge in [0.2, 0.25) is 5.91 Å². The van der Waals surface area contributed by atoms with Gasteiger partial charge in [0, 0.05) is 25.3 Å². The van der Waals surface area contributed by atoms with Crippen LogP contribution in [0.1, 0.15) is 12.5 Å². The van der Waals surface area contributed by atoms with Crippen LogP contribution < -0.4 is 15.5 Å². The molecule has 0 aromatic heterocycles. The Kier molecular flexibility index (Phi) is 5.14. The molecule has 2 N–H and O–H groups in total. The Balaban J connectivity index is 2.23. The fourth-order valence-corrected chi connectivity index (χ4v) is 2.10. The van der Waals surface area contributed by atoms with Crippen LogP contribution in [0.4, 0.5) is 16.2 Å². The molecule has 0 unspecified atom stereocenters. The predicted molar refractivity (Wildman–Crippen MR) is 87.8 cm³/mol. The van der Waals surface area contributed by atoms with Crippen LogP contribution in [0.5, 0.6) is 0 Å². The molecule has 5 nitrogen and oxygen atoms in total. The van der Waals surface area contributed by atoms with E-state index < -0.39 is 0 Å². The molecule has 3 amide bonds. The highest BCUT2D eigenvalue weighted by Gasteiger charge is 2.13. The summed E-state index contributed by atoms with van der Waals surface area (Å²) in [6.45, 7) is 2.02. The first-order valence-corrected chi connectivity index (χ1v) is 7.01. The molecule has 0 atom stereocenters. The summed E-state index contributed by atoms with van der Waals surface area (Å²) in [5, 5.41) is 5.20. The van der Waals surface area contributed by atoms with E-state index in [4.69, 9.17) is 0 Å². The zero-order valence-electron chi connectivity index (χ0n) is 12.7. The number of nitrogens with one attached hydrogen (secondary N) is 2. The second-order valence-corrected chi connectivity index (χ2v) is 4.85. The molecular formula is C17H19N3O2. The van der Waals surface area contributed by atoms with E-state index in [9.17, 15) is 9.59 Å². The topological polar surface area (TPSA) is 61.4 Å². The van der Waals surface area contributed by atoms with Gasteiger partial charge in [-0.3, -0.25) is 4.79 Å². The van der Waals surface area contributed by atoms with Crippen molar-refractivity contribution in [1.82, 2.24) is 5.32 Å². The van der Waals surface area contributed by atoms with Crippen molar-refractivity contribution in [2.45, 2.75) is 13.5 Å². The summed E-state index contributed by atoms with van der Waals surface area (Å²) < 4.78 is 0. The molecule has 2 aromatic rings. The van der Waals surface area contributed by atoms with E-state index in [-0.39, 0.29) is 11.9 Å². The molecule has 0 aliphatic heterocycles. The molecule has 0 spiro atoms. The van der Waals surface area contributed by atoms with Gasteiger partial charge in [0.1, 0.15) is 0 Å². The Bertz CT molecular complexity index is 656. The van der Waals surface area contributed by atoms with Gasteiger partial charge >= 0.3 is 6.03 Å². The summed E-state index contributed by atoms with van der Waals surface area (Å²) in [5.41, 5.74) is 2.42. The molecule has 0 saturated heterocycles. The van der Waals surface area contributed by atoms with Gasteiger partial charge in [-0.1, -0.05) is 36.4 Å². The molecule has 0 radical (unpaired) electrons. The van der Waals surface area contributed by atoms with Crippen LogP contribution in [-0.4, -0.2) is 19.0 Å². The molecular weight excluding hydrogens is 278 g/mol. The molecule has 114 valence electrons. The fraction of sp³-hybridized carbons (Fsp3) is 0.176. The summed E-state index contributed by atoms with van der Waals surface area (Å²) in [5.74, 6) is -0.0547. The Labute approximate surface area is 129 Å². The molecule has 22 heavy (non-hydrogen) atoms. The van der Waals surface area contributed by atoms with Crippen molar-refractivity contribution in [3.63, 3.8) is 0 Å². The van der Waals surface area contributed by atoms with Crippen molar-refractivity contribution in [3.05, 3.63) is 60.2 Å². The second kappa shape index (κ2) is 7.26. The van der Waals surface area contributed by atoms with Gasteiger partial charge in [-0.05, 0) is 23.8 Å². The van der Waals surface area contributed by atoms with Crippen molar-refractivity contribution in [3.8, 4) is 0 Å². The number of anilines is 2. The van der Waals surface area contributed by atoms with Crippen molar-refractivity contribution < 1.29 is 9.59 Å². The number of benzene rings is 2. The normalized spacial score (nSPS) is 9.91. The van der Waals surface area contributed by atoms with Gasteiger partial charge in [-0.2, -0.15) is 0 Å². The smallest absolute Gasteiger partial charge is 0.318 e. The van der Waals surface area contributed by atoms with Gasteiger partial charge in [0.05, 0.1) is 6.54 Å². The summed E-state index contributed by atoms with van der Waals surface area (Å²) in [6.07, 6.45) is 0. The van der Waals surface area contributed by atoms with Crippen molar-refractivity contribution in [2.75, 3.05) is 17.3 Å². The minimum absolute atomic E-state index is 0.0547. The first-order valence-electron chi connectivity index (χ1n) is 7.01. The zero-order valence-corrected chi connectivity index (χ0v) is 12.7. The van der Waals surface area contributed by atoms with E-state index in [2.05, 4.69) is 10.6 Å². The Hall–Kier alpha value is -2.82. The predicted octanol–water partition coefficient (Wildman–Crippen LogP) is 2.99. The number of urea groups is 1. The summed E-state index contributed by atoms with van der Waals surface area (Å²) >= 11 is 0. The number of carbonyl (C=O) groups is 2. The zero-order chi connectivity index (χ0) is 15.9. The van der Waals surface area contributed by atoms with Crippen molar-refractivity contribution in [1.29, 1.82) is 0 Å². The molecule has 0 aliphatic rings. The first-order chi connectivity index (χ1) is 10.6. The van der Waals surface area contributed by atoms with Crippen LogP contribution in [0.25, 0.3) is 0 Å². The lowest BCUT2D eigenvalue weighted by atomic mass is 10.2. The maximum atomic E-state index is 12.0. The number of hydrogen-bond donors (Lipinski definition) is 2. The van der Waals surface area contributed by atoms with Crippen molar-refractivity contribution in [2.24, 2.45) is 0 Å². The molecule has 2 rings (SSSR count). The number of nitrogens with zero attached hydrogens (tertiary/aromatic N) is 1. The van der Waals surface area contributed by atoms with E-state index >= 15 is 0 Å². The maximum absolute atomic E-state index is 12.0. The number of amides is 3. The third-order valence-electron chi connectivity index (χ3n) is 3.21. The summed E-state index contributed by atoms with van der Waals surface area (Å²) in [7, 11) is 1.55. The second-order valence-electron chi connectivity index (χ2n) is 4.85. The number of rotatable bonds is 4. The van der Waals surface area contributed by atoms with Crippen LogP contribution in [-0.2, 0) is 11.3 Å². The van der Waals surface area contributed by atoms with Gasteiger partial charge in [-0.15, -0.1) is 0 Å². The Morgan fingerprint density at radius 1 is 1.05 bits per heavy atom. The van der Waals surface area contributed by atoms with E-state index in [1.807, 2.05) is 42.5 Å². The van der Waals surface area contributed by atoms with E-state index in [1.54, 1.807) is 24.1 Å². The summed E-state index contributed by atoms with van der Waals surface area (Å²) in [4.78, 5) is 25.0. The third kappa shape index (κ3) is 4.09. The maximum Gasteiger partial charge on any atom is 0.318 e. The highest BCUT2D eigenvalue weighted by atomic mass is 16.2. The first kappa shape index (κ1) is 15.6. The molecule has 2 aromatic carbocycles. The molecule has 0 bridgehead atoms. The lowest BCUT2D eigenvalue weighted by molar-refractivity contribution is -0.116. The van der Waals surface area contributed by atoms with Gasteiger partial charge in [0.15, 0.2) is 0 Å². The third-order valence-corrected chi connectivity index (χ3v) is 3.21. The van der Waals surface area contributed by atoms with E-state index in [0.29, 0.717) is 12.2 Å². The van der Waals surface area contributed by atoms with Crippen LogP contribution in [0.15, 0.2) is 54.6 Å². The van der Waals surface area contributed by atoms with Crippen LogP contribution in [0.3, 0.4) is 0 Å². The number of carbonyl (C=O) groups excluding carboxylic acids is 2. The highest BCUT2D eigenvalue weighted by Crippen LogP contribution is 2.21. The Morgan fingerprint density at radius 3 is 2.41 bits per heavy atom. The average molecular weight is 297 g/mol. The van der Waals surface area contributed by atoms with E-state index in [0.717, 1.165) is 11.3 Å². The quantitative estimate of drug-likeness (QED) is 0.911. The molecule has 0 saturated carbocycles. The highest BCUT2D eigenvalue weighted by molar-refractivity contribution is 5.94. The summed E-state index contributed by atoms with van der Waals surface area (Å²) in [6, 6.07) is 16.7. The van der Waals surface area contributed by atoms with Crippen molar-refractivity contribution >= 4 is 23.3 Å². The van der Waals surface area contributed by atoms with Gasteiger partial charge < -0.3 is 15.5 Å². The Morgan fingerprint density at radius 2 is 1.77 bits per heavy atom. The molecule has 0 aliphatic carbocycles. The van der Waals surface area contributed by atoms with Crippen LogP contribution in [0.2, 0.25) is 0 Å². The monoisotopic (exact) mass is 297 g/mol. The largest absolute Gasteiger partial charge is 0.341 e. The minimum atomic E-state index is -0.297. The van der Waals surface area contributed by atoms with E-state index in [1.165, 1.54) is 6.92 Å². The number of hydrogen-bond acceptors (Lipinski definition) is 2. The van der Waals surface area contributed by atoms with Crippen LogP contribution in [0, 0.1) is 0 Å². The van der Waals surface area contributed by atoms with Gasteiger partial charge in [0.25, 0.3) is 0 Å². The molecule has 0 heterocycles. The fourth-order valence-electron chi connectivity index (χ4n) is 2.10. The lowest BCUT2D eigenvalue weighted by Crippen LogP contribution is -2.28. The lowest BCUT2D eigenvalue weighted by Gasteiger charge is -2.22. The SMILES string of the molecule is CNC(=O)Nc1cccc(N(Cc2ccccc2)C(C)=O)c1. The minimum Gasteiger partial charge on any atom is -0.341 e. The van der Waals surface area contributed by atoms with Crippen LogP contribution >= 0.6 is 0 Å². The average Bonchev–Trinajstić information content (AvgIpc) is 2.53. The standard InChI is InChI=1S/C17H19N3O2/c1-13(21)20(12-14-7-4-3-5-8-14)16-10-6-9-15(11-16)19-17(22)18-2/h3-11H,12H2,1-2H3,(H2,18,19,22).